The summed E-state index contributed by atoms with van der Waals surface area (Å²) in [6.07, 6.45) is 3.65. The summed E-state index contributed by atoms with van der Waals surface area (Å²) in [5, 5.41) is 5.62. The Morgan fingerprint density at radius 2 is 1.95 bits per heavy atom. The van der Waals surface area contributed by atoms with Crippen molar-refractivity contribution in [1.29, 1.82) is 0 Å². The van der Waals surface area contributed by atoms with Crippen LogP contribution in [0.2, 0.25) is 0 Å². The van der Waals surface area contributed by atoms with E-state index in [9.17, 15) is 4.39 Å². The second-order valence-corrected chi connectivity index (χ2v) is 4.87. The second kappa shape index (κ2) is 5.29. The fourth-order valence-electron chi connectivity index (χ4n) is 2.20. The molecule has 0 unspecified atom stereocenters. The lowest BCUT2D eigenvalue weighted by Gasteiger charge is -2.08. The van der Waals surface area contributed by atoms with Crippen LogP contribution in [-0.4, -0.2) is 4.98 Å². The normalized spacial score (nSPS) is 10.7. The molecule has 0 bridgehead atoms. The van der Waals surface area contributed by atoms with E-state index in [4.69, 9.17) is 0 Å². The van der Waals surface area contributed by atoms with Crippen LogP contribution in [0.4, 0.5) is 10.1 Å². The Balaban J connectivity index is 1.77. The van der Waals surface area contributed by atoms with Crippen molar-refractivity contribution in [2.24, 2.45) is 0 Å². The number of benzene rings is 2. The minimum Gasteiger partial charge on any atom is -0.381 e. The molecule has 0 spiro atoms. The molecule has 3 heteroatoms. The van der Waals surface area contributed by atoms with Crippen LogP contribution < -0.4 is 5.32 Å². The summed E-state index contributed by atoms with van der Waals surface area (Å²) in [4.78, 5) is 4.10. The predicted octanol–water partition coefficient (Wildman–Crippen LogP) is 4.29. The summed E-state index contributed by atoms with van der Waals surface area (Å²) in [6, 6.07) is 13.3. The van der Waals surface area contributed by atoms with Crippen molar-refractivity contribution < 1.29 is 4.39 Å². The number of nitrogens with zero attached hydrogens (tertiary/aromatic N) is 1. The first-order valence-electron chi connectivity index (χ1n) is 6.55. The highest BCUT2D eigenvalue weighted by atomic mass is 19.1. The molecule has 100 valence electrons. The van der Waals surface area contributed by atoms with Gasteiger partial charge in [0.1, 0.15) is 5.82 Å². The van der Waals surface area contributed by atoms with E-state index in [1.54, 1.807) is 19.2 Å². The Labute approximate surface area is 117 Å². The Morgan fingerprint density at radius 1 is 1.05 bits per heavy atom. The third-order valence-electron chi connectivity index (χ3n) is 3.36. The molecule has 0 aliphatic heterocycles. The molecule has 0 amide bonds. The molecule has 0 atom stereocenters. The fourth-order valence-corrected chi connectivity index (χ4v) is 2.20. The Bertz CT molecular complexity index is 753. The summed E-state index contributed by atoms with van der Waals surface area (Å²) in [7, 11) is 0. The van der Waals surface area contributed by atoms with E-state index < -0.39 is 0 Å². The van der Waals surface area contributed by atoms with Crippen LogP contribution in [0.1, 0.15) is 11.1 Å². The highest BCUT2D eigenvalue weighted by molar-refractivity contribution is 5.82. The lowest BCUT2D eigenvalue weighted by atomic mass is 10.1. The average molecular weight is 266 g/mol. The molecular formula is C17H15FN2. The van der Waals surface area contributed by atoms with Crippen molar-refractivity contribution in [1.82, 2.24) is 4.98 Å². The Morgan fingerprint density at radius 3 is 2.80 bits per heavy atom. The number of halogens is 1. The van der Waals surface area contributed by atoms with Gasteiger partial charge in [0.2, 0.25) is 0 Å². The van der Waals surface area contributed by atoms with Crippen molar-refractivity contribution in [3.05, 3.63) is 71.8 Å². The van der Waals surface area contributed by atoms with Gasteiger partial charge in [-0.25, -0.2) is 4.39 Å². The van der Waals surface area contributed by atoms with Gasteiger partial charge < -0.3 is 5.32 Å². The number of nitrogens with one attached hydrogen (secondary N) is 1. The number of rotatable bonds is 3. The second-order valence-electron chi connectivity index (χ2n) is 4.87. The van der Waals surface area contributed by atoms with E-state index in [0.29, 0.717) is 12.1 Å². The highest BCUT2D eigenvalue weighted by Gasteiger charge is 2.00. The molecule has 3 rings (SSSR count). The van der Waals surface area contributed by atoms with Gasteiger partial charge in [-0.2, -0.15) is 0 Å². The molecule has 1 N–H and O–H groups in total. The van der Waals surface area contributed by atoms with Gasteiger partial charge in [0.25, 0.3) is 0 Å². The van der Waals surface area contributed by atoms with Crippen molar-refractivity contribution in [2.75, 3.05) is 5.32 Å². The van der Waals surface area contributed by atoms with Gasteiger partial charge in [0.15, 0.2) is 0 Å². The number of anilines is 1. The lowest BCUT2D eigenvalue weighted by Crippen LogP contribution is -2.00. The summed E-state index contributed by atoms with van der Waals surface area (Å²) in [6.45, 7) is 2.48. The number of aryl methyl sites for hydroxylation is 1. The van der Waals surface area contributed by atoms with Gasteiger partial charge in [0.05, 0.1) is 0 Å². The zero-order chi connectivity index (χ0) is 13.9. The maximum absolute atomic E-state index is 13.2. The molecule has 0 aliphatic carbocycles. The zero-order valence-electron chi connectivity index (χ0n) is 11.2. The van der Waals surface area contributed by atoms with E-state index in [1.165, 1.54) is 17.0 Å². The van der Waals surface area contributed by atoms with Gasteiger partial charge in [-0.3, -0.25) is 4.98 Å². The van der Waals surface area contributed by atoms with Crippen LogP contribution in [0, 0.1) is 12.7 Å². The first-order chi connectivity index (χ1) is 9.72. The minimum absolute atomic E-state index is 0.172. The van der Waals surface area contributed by atoms with Crippen LogP contribution in [0.25, 0.3) is 10.8 Å². The van der Waals surface area contributed by atoms with Crippen molar-refractivity contribution in [2.45, 2.75) is 13.5 Å². The summed E-state index contributed by atoms with van der Waals surface area (Å²) in [5.74, 6) is -0.172. The number of pyridine rings is 1. The Hall–Kier alpha value is -2.42. The average Bonchev–Trinajstić information content (AvgIpc) is 2.48. The summed E-state index contributed by atoms with van der Waals surface area (Å²) in [5.41, 5.74) is 2.77. The maximum Gasteiger partial charge on any atom is 0.126 e. The van der Waals surface area contributed by atoms with Gasteiger partial charge in [-0.1, -0.05) is 12.1 Å². The third kappa shape index (κ3) is 2.62. The molecule has 0 fully saturated rings. The van der Waals surface area contributed by atoms with E-state index in [-0.39, 0.29) is 5.82 Å². The molecule has 0 saturated carbocycles. The molecule has 0 aliphatic rings. The number of hydrogen-bond acceptors (Lipinski definition) is 2. The summed E-state index contributed by atoms with van der Waals surface area (Å²) < 4.78 is 13.2. The molecule has 3 aromatic rings. The maximum atomic E-state index is 13.2. The molecule has 20 heavy (non-hydrogen) atoms. The number of aromatic nitrogens is 1. The smallest absolute Gasteiger partial charge is 0.126 e. The van der Waals surface area contributed by atoms with E-state index >= 15 is 0 Å². The molecule has 2 nitrogen and oxygen atoms in total. The van der Waals surface area contributed by atoms with Crippen molar-refractivity contribution in [3.8, 4) is 0 Å². The van der Waals surface area contributed by atoms with Crippen LogP contribution in [-0.2, 0) is 6.54 Å². The molecule has 2 aromatic carbocycles. The van der Waals surface area contributed by atoms with Gasteiger partial charge in [0, 0.05) is 30.0 Å². The molecule has 1 aromatic heterocycles. The first kappa shape index (κ1) is 12.6. The van der Waals surface area contributed by atoms with E-state index in [2.05, 4.69) is 28.5 Å². The molecule has 1 heterocycles. The van der Waals surface area contributed by atoms with E-state index in [0.717, 1.165) is 11.1 Å². The van der Waals surface area contributed by atoms with Crippen LogP contribution in [0.3, 0.4) is 0 Å². The zero-order valence-corrected chi connectivity index (χ0v) is 11.2. The number of hydrogen-bond donors (Lipinski definition) is 1. The van der Waals surface area contributed by atoms with Crippen LogP contribution in [0.15, 0.2) is 54.9 Å². The van der Waals surface area contributed by atoms with Gasteiger partial charge >= 0.3 is 0 Å². The SMILES string of the molecule is Cc1cc(NCc2ccc3cnccc3c2)ccc1F. The monoisotopic (exact) mass is 266 g/mol. The fraction of sp³-hybridized carbons (Fsp3) is 0.118. The quantitative estimate of drug-likeness (QED) is 0.764. The van der Waals surface area contributed by atoms with E-state index in [1.807, 2.05) is 18.3 Å². The van der Waals surface area contributed by atoms with Gasteiger partial charge in [-0.15, -0.1) is 0 Å². The summed E-state index contributed by atoms with van der Waals surface area (Å²) >= 11 is 0. The topological polar surface area (TPSA) is 24.9 Å². The van der Waals surface area contributed by atoms with Crippen LogP contribution >= 0.6 is 0 Å². The Kier molecular flexibility index (Phi) is 3.33. The van der Waals surface area contributed by atoms with Crippen molar-refractivity contribution in [3.63, 3.8) is 0 Å². The lowest BCUT2D eigenvalue weighted by molar-refractivity contribution is 0.618. The first-order valence-corrected chi connectivity index (χ1v) is 6.55. The highest BCUT2D eigenvalue weighted by Crippen LogP contribution is 2.17. The predicted molar refractivity (Wildman–Crippen MR) is 80.2 cm³/mol. The molecule has 0 radical (unpaired) electrons. The largest absolute Gasteiger partial charge is 0.381 e. The molecule has 0 saturated heterocycles. The van der Waals surface area contributed by atoms with Crippen molar-refractivity contribution >= 4 is 16.5 Å². The third-order valence-corrected chi connectivity index (χ3v) is 3.36. The standard InChI is InChI=1S/C17H15FN2/c1-12-8-16(4-5-17(12)18)20-10-13-2-3-15-11-19-7-6-14(15)9-13/h2-9,11,20H,10H2,1H3. The minimum atomic E-state index is -0.172. The number of fused-ring (bicyclic) bond motifs is 1. The van der Waals surface area contributed by atoms with Gasteiger partial charge in [-0.05, 0) is 53.8 Å². The molecular weight excluding hydrogens is 251 g/mol. The van der Waals surface area contributed by atoms with Crippen LogP contribution in [0.5, 0.6) is 0 Å².